The number of ether oxygens (including phenoxy) is 1. The molecule has 1 aromatic carbocycles. The van der Waals surface area contributed by atoms with Crippen molar-refractivity contribution in [2.24, 2.45) is 0 Å². The van der Waals surface area contributed by atoms with E-state index < -0.39 is 23.3 Å². The summed E-state index contributed by atoms with van der Waals surface area (Å²) in [5, 5.41) is 2.72. The minimum Gasteiger partial charge on any atom is -0.444 e. The number of amides is 1. The first-order valence-electron chi connectivity index (χ1n) is 6.21. The van der Waals surface area contributed by atoms with Crippen molar-refractivity contribution in [3.8, 4) is 0 Å². The van der Waals surface area contributed by atoms with Gasteiger partial charge in [0.15, 0.2) is 11.6 Å². The van der Waals surface area contributed by atoms with Gasteiger partial charge in [0.25, 0.3) is 0 Å². The number of carbonyl (C=O) groups is 1. The average molecular weight is 269 g/mol. The van der Waals surface area contributed by atoms with E-state index in [1.807, 2.05) is 0 Å². The van der Waals surface area contributed by atoms with E-state index in [-0.39, 0.29) is 12.0 Å². The Bertz CT molecular complexity index is 497. The van der Waals surface area contributed by atoms with Crippen molar-refractivity contribution in [1.82, 2.24) is 5.32 Å². The molecule has 2 rings (SSSR count). The Labute approximate surface area is 111 Å². The van der Waals surface area contributed by atoms with Gasteiger partial charge in [-0.05, 0) is 44.9 Å². The van der Waals surface area contributed by atoms with E-state index >= 15 is 0 Å². The van der Waals surface area contributed by atoms with Crippen LogP contribution in [0.4, 0.5) is 13.6 Å². The molecular weight excluding hydrogens is 252 g/mol. The molecule has 0 aromatic heterocycles. The lowest BCUT2D eigenvalue weighted by Gasteiger charge is -2.19. The molecule has 3 nitrogen and oxygen atoms in total. The van der Waals surface area contributed by atoms with Crippen LogP contribution in [0.3, 0.4) is 0 Å². The molecule has 1 N–H and O–H groups in total. The molecule has 5 heteroatoms. The van der Waals surface area contributed by atoms with Crippen LogP contribution in [-0.4, -0.2) is 17.7 Å². The molecule has 104 valence electrons. The van der Waals surface area contributed by atoms with E-state index in [0.717, 1.165) is 6.07 Å². The van der Waals surface area contributed by atoms with E-state index in [2.05, 4.69) is 5.32 Å². The van der Waals surface area contributed by atoms with Crippen molar-refractivity contribution in [2.45, 2.75) is 44.8 Å². The van der Waals surface area contributed by atoms with Crippen LogP contribution >= 0.6 is 0 Å². The molecule has 1 fully saturated rings. The third kappa shape index (κ3) is 3.66. The summed E-state index contributed by atoms with van der Waals surface area (Å²) >= 11 is 0. The predicted molar refractivity (Wildman–Crippen MR) is 66.9 cm³/mol. The van der Waals surface area contributed by atoms with Crippen LogP contribution in [-0.2, 0) is 4.74 Å². The maximum absolute atomic E-state index is 13.1. The Kier molecular flexibility index (Phi) is 3.47. The summed E-state index contributed by atoms with van der Waals surface area (Å²) < 4.78 is 31.0. The SMILES string of the molecule is CC(C)(C)OC(=O)N[C@@H]1C[C@H]1c1ccc(F)c(F)c1. The summed E-state index contributed by atoms with van der Waals surface area (Å²) in [6.07, 6.45) is 0.229. The number of nitrogens with one attached hydrogen (secondary N) is 1. The zero-order valence-electron chi connectivity index (χ0n) is 11.2. The van der Waals surface area contributed by atoms with Crippen molar-refractivity contribution in [2.75, 3.05) is 0 Å². The highest BCUT2D eigenvalue weighted by Gasteiger charge is 2.40. The Hall–Kier alpha value is -1.65. The lowest BCUT2D eigenvalue weighted by Crippen LogP contribution is -2.34. The molecule has 0 unspecified atom stereocenters. The molecule has 2 atom stereocenters. The molecule has 1 saturated carbocycles. The molecule has 0 radical (unpaired) electrons. The lowest BCUT2D eigenvalue weighted by atomic mass is 10.1. The number of halogens is 2. The predicted octanol–water partition coefficient (Wildman–Crippen LogP) is 3.35. The average Bonchev–Trinajstić information content (AvgIpc) is 2.98. The molecule has 1 aliphatic carbocycles. The minimum absolute atomic E-state index is 0.0302. The topological polar surface area (TPSA) is 38.3 Å². The smallest absolute Gasteiger partial charge is 0.407 e. The number of rotatable bonds is 2. The van der Waals surface area contributed by atoms with E-state index in [1.165, 1.54) is 6.07 Å². The highest BCUT2D eigenvalue weighted by atomic mass is 19.2. The number of carbonyl (C=O) groups excluding carboxylic acids is 1. The summed E-state index contributed by atoms with van der Waals surface area (Å²) in [5.74, 6) is -1.69. The molecule has 0 bridgehead atoms. The zero-order valence-corrected chi connectivity index (χ0v) is 11.2. The lowest BCUT2D eigenvalue weighted by molar-refractivity contribution is 0.0523. The molecule has 1 aliphatic rings. The summed E-state index contributed by atoms with van der Waals surface area (Å²) in [4.78, 5) is 11.5. The maximum atomic E-state index is 13.1. The van der Waals surface area contributed by atoms with Crippen molar-refractivity contribution in [3.05, 3.63) is 35.4 Å². The van der Waals surface area contributed by atoms with Crippen LogP contribution in [0.25, 0.3) is 0 Å². The van der Waals surface area contributed by atoms with Gasteiger partial charge in [-0.25, -0.2) is 13.6 Å². The number of alkyl carbamates (subject to hydrolysis) is 1. The fourth-order valence-electron chi connectivity index (χ4n) is 1.92. The van der Waals surface area contributed by atoms with Crippen molar-refractivity contribution in [3.63, 3.8) is 0 Å². The van der Waals surface area contributed by atoms with Crippen LogP contribution in [0.15, 0.2) is 18.2 Å². The second-order valence-electron chi connectivity index (χ2n) is 5.77. The van der Waals surface area contributed by atoms with Gasteiger partial charge < -0.3 is 10.1 Å². The summed E-state index contributed by atoms with van der Waals surface area (Å²) in [6, 6.07) is 3.75. The molecule has 0 spiro atoms. The van der Waals surface area contributed by atoms with E-state index in [9.17, 15) is 13.6 Å². The summed E-state index contributed by atoms with van der Waals surface area (Å²) in [5.41, 5.74) is 0.149. The van der Waals surface area contributed by atoms with E-state index in [4.69, 9.17) is 4.74 Å². The molecule has 1 aromatic rings. The van der Waals surface area contributed by atoms with Crippen molar-refractivity contribution >= 4 is 6.09 Å². The molecule has 19 heavy (non-hydrogen) atoms. The van der Waals surface area contributed by atoms with Gasteiger partial charge in [0, 0.05) is 12.0 Å². The molecule has 0 aliphatic heterocycles. The van der Waals surface area contributed by atoms with Crippen molar-refractivity contribution in [1.29, 1.82) is 0 Å². The highest BCUT2D eigenvalue weighted by Crippen LogP contribution is 2.41. The first-order chi connectivity index (χ1) is 8.76. The number of hydrogen-bond acceptors (Lipinski definition) is 2. The van der Waals surface area contributed by atoms with Crippen LogP contribution < -0.4 is 5.32 Å². The molecule has 1 amide bonds. The third-order valence-corrected chi connectivity index (χ3v) is 2.86. The third-order valence-electron chi connectivity index (χ3n) is 2.86. The largest absolute Gasteiger partial charge is 0.444 e. The van der Waals surface area contributed by atoms with Gasteiger partial charge in [-0.15, -0.1) is 0 Å². The molecule has 0 saturated heterocycles. The van der Waals surface area contributed by atoms with Crippen LogP contribution in [0, 0.1) is 11.6 Å². The highest BCUT2D eigenvalue weighted by molar-refractivity contribution is 5.69. The Morgan fingerprint density at radius 2 is 2.00 bits per heavy atom. The van der Waals surface area contributed by atoms with Gasteiger partial charge in [0.1, 0.15) is 5.60 Å². The Balaban J connectivity index is 1.90. The number of benzene rings is 1. The Morgan fingerprint density at radius 1 is 1.32 bits per heavy atom. The van der Waals surface area contributed by atoms with Gasteiger partial charge in [0.2, 0.25) is 0 Å². The maximum Gasteiger partial charge on any atom is 0.407 e. The number of hydrogen-bond donors (Lipinski definition) is 1. The fraction of sp³-hybridized carbons (Fsp3) is 0.500. The normalized spacial score (nSPS) is 21.9. The van der Waals surface area contributed by atoms with Gasteiger partial charge in [0.05, 0.1) is 0 Å². The van der Waals surface area contributed by atoms with Crippen LogP contribution in [0.5, 0.6) is 0 Å². The zero-order chi connectivity index (χ0) is 14.2. The molecule has 0 heterocycles. The van der Waals surface area contributed by atoms with Crippen molar-refractivity contribution < 1.29 is 18.3 Å². The first kappa shape index (κ1) is 13.8. The van der Waals surface area contributed by atoms with Gasteiger partial charge in [-0.3, -0.25) is 0 Å². The minimum atomic E-state index is -0.861. The summed E-state index contributed by atoms with van der Waals surface area (Å²) in [6.45, 7) is 5.35. The standard InChI is InChI=1S/C14H17F2NO2/c1-14(2,3)19-13(18)17-12-7-9(12)8-4-5-10(15)11(16)6-8/h4-6,9,12H,7H2,1-3H3,(H,17,18)/t9-,12+/m0/s1. The molecular formula is C14H17F2NO2. The van der Waals surface area contributed by atoms with Gasteiger partial charge >= 0.3 is 6.09 Å². The second kappa shape index (κ2) is 4.79. The van der Waals surface area contributed by atoms with Gasteiger partial charge in [-0.1, -0.05) is 6.07 Å². The fourth-order valence-corrected chi connectivity index (χ4v) is 1.92. The van der Waals surface area contributed by atoms with Gasteiger partial charge in [-0.2, -0.15) is 0 Å². The monoisotopic (exact) mass is 269 g/mol. The van der Waals surface area contributed by atoms with E-state index in [1.54, 1.807) is 26.8 Å². The first-order valence-corrected chi connectivity index (χ1v) is 6.21. The second-order valence-corrected chi connectivity index (χ2v) is 5.77. The summed E-state index contributed by atoms with van der Waals surface area (Å²) in [7, 11) is 0. The Morgan fingerprint density at radius 3 is 2.58 bits per heavy atom. The quantitative estimate of drug-likeness (QED) is 0.894. The van der Waals surface area contributed by atoms with Crippen LogP contribution in [0.1, 0.15) is 38.7 Å². The van der Waals surface area contributed by atoms with E-state index in [0.29, 0.717) is 12.0 Å². The van der Waals surface area contributed by atoms with Crippen LogP contribution in [0.2, 0.25) is 0 Å².